The average Bonchev–Trinajstić information content (AvgIpc) is 2.73. The zero-order valence-corrected chi connectivity index (χ0v) is 11.3. The van der Waals surface area contributed by atoms with Gasteiger partial charge in [-0.3, -0.25) is 0 Å². The van der Waals surface area contributed by atoms with Gasteiger partial charge >= 0.3 is 0 Å². The first-order chi connectivity index (χ1) is 7.81. The average molecular weight is 296 g/mol. The van der Waals surface area contributed by atoms with E-state index < -0.39 is 0 Å². The van der Waals surface area contributed by atoms with Crippen molar-refractivity contribution in [3.05, 3.63) is 56.7 Å². The van der Waals surface area contributed by atoms with E-state index in [4.69, 9.17) is 5.73 Å². The van der Waals surface area contributed by atoms with Crippen LogP contribution in [0.3, 0.4) is 0 Å². The molecule has 1 unspecified atom stereocenters. The lowest BCUT2D eigenvalue weighted by Gasteiger charge is -2.14. The fourth-order valence-electron chi connectivity index (χ4n) is 1.76. The first kappa shape index (κ1) is 11.8. The van der Waals surface area contributed by atoms with Gasteiger partial charge in [0.05, 0.1) is 0 Å². The summed E-state index contributed by atoms with van der Waals surface area (Å²) < 4.78 is 1.20. The first-order valence-corrected chi connectivity index (χ1v) is 6.95. The Morgan fingerprint density at radius 3 is 2.50 bits per heavy atom. The SMILES string of the molecule is NCC(Cc1sccc1Br)c1ccccc1. The molecule has 0 radical (unpaired) electrons. The quantitative estimate of drug-likeness (QED) is 0.912. The summed E-state index contributed by atoms with van der Waals surface area (Å²) in [5.41, 5.74) is 7.19. The molecule has 0 fully saturated rings. The van der Waals surface area contributed by atoms with Gasteiger partial charge in [-0.2, -0.15) is 0 Å². The molecule has 2 N–H and O–H groups in total. The third-order valence-corrected chi connectivity index (χ3v) is 4.63. The van der Waals surface area contributed by atoms with Crippen LogP contribution in [0.5, 0.6) is 0 Å². The molecule has 0 spiro atoms. The number of rotatable bonds is 4. The molecule has 16 heavy (non-hydrogen) atoms. The second-order valence-electron chi connectivity index (χ2n) is 3.74. The molecule has 2 aromatic rings. The van der Waals surface area contributed by atoms with E-state index in [1.807, 2.05) is 6.07 Å². The van der Waals surface area contributed by atoms with Crippen LogP contribution in [0, 0.1) is 0 Å². The summed E-state index contributed by atoms with van der Waals surface area (Å²) in [6.07, 6.45) is 1.01. The van der Waals surface area contributed by atoms with Crippen molar-refractivity contribution in [1.82, 2.24) is 0 Å². The van der Waals surface area contributed by atoms with Crippen molar-refractivity contribution in [2.45, 2.75) is 12.3 Å². The molecule has 0 saturated heterocycles. The van der Waals surface area contributed by atoms with E-state index in [1.165, 1.54) is 14.9 Å². The Balaban J connectivity index is 2.16. The monoisotopic (exact) mass is 295 g/mol. The van der Waals surface area contributed by atoms with Crippen molar-refractivity contribution in [2.75, 3.05) is 6.54 Å². The highest BCUT2D eigenvalue weighted by Crippen LogP contribution is 2.28. The zero-order valence-electron chi connectivity index (χ0n) is 8.90. The molecule has 1 aromatic carbocycles. The Kier molecular flexibility index (Phi) is 4.16. The Morgan fingerprint density at radius 1 is 1.19 bits per heavy atom. The maximum atomic E-state index is 5.86. The van der Waals surface area contributed by atoms with Crippen molar-refractivity contribution in [2.24, 2.45) is 5.73 Å². The van der Waals surface area contributed by atoms with Crippen molar-refractivity contribution in [3.63, 3.8) is 0 Å². The van der Waals surface area contributed by atoms with Crippen molar-refractivity contribution >= 4 is 27.3 Å². The van der Waals surface area contributed by atoms with Gasteiger partial charge in [0.2, 0.25) is 0 Å². The molecule has 0 saturated carbocycles. The Bertz CT molecular complexity index is 438. The summed E-state index contributed by atoms with van der Waals surface area (Å²) >= 11 is 5.35. The van der Waals surface area contributed by atoms with E-state index in [1.54, 1.807) is 11.3 Å². The van der Waals surface area contributed by atoms with Gasteiger partial charge in [0.15, 0.2) is 0 Å². The Hall–Kier alpha value is -0.640. The van der Waals surface area contributed by atoms with E-state index in [0.717, 1.165) is 6.42 Å². The fourth-order valence-corrected chi connectivity index (χ4v) is 3.35. The Morgan fingerprint density at radius 2 is 1.94 bits per heavy atom. The maximum Gasteiger partial charge on any atom is 0.0314 e. The van der Waals surface area contributed by atoms with Crippen LogP contribution in [0.2, 0.25) is 0 Å². The van der Waals surface area contributed by atoms with Gasteiger partial charge in [0, 0.05) is 15.3 Å². The highest BCUT2D eigenvalue weighted by Gasteiger charge is 2.12. The minimum atomic E-state index is 0.413. The van der Waals surface area contributed by atoms with Crippen molar-refractivity contribution in [1.29, 1.82) is 0 Å². The van der Waals surface area contributed by atoms with E-state index >= 15 is 0 Å². The largest absolute Gasteiger partial charge is 0.330 e. The van der Waals surface area contributed by atoms with Gasteiger partial charge in [-0.15, -0.1) is 11.3 Å². The molecule has 1 atom stereocenters. The van der Waals surface area contributed by atoms with Gasteiger partial charge in [-0.1, -0.05) is 30.3 Å². The maximum absolute atomic E-state index is 5.86. The molecule has 1 nitrogen and oxygen atoms in total. The molecular formula is C13H14BrNS. The lowest BCUT2D eigenvalue weighted by atomic mass is 9.95. The second-order valence-corrected chi connectivity index (χ2v) is 5.59. The summed E-state index contributed by atoms with van der Waals surface area (Å²) in [4.78, 5) is 1.37. The minimum absolute atomic E-state index is 0.413. The van der Waals surface area contributed by atoms with Crippen molar-refractivity contribution < 1.29 is 0 Å². The molecule has 2 rings (SSSR count). The molecule has 0 aliphatic rings. The van der Waals surface area contributed by atoms with Crippen LogP contribution in [-0.2, 0) is 6.42 Å². The van der Waals surface area contributed by atoms with Gasteiger partial charge in [-0.25, -0.2) is 0 Å². The molecule has 0 aliphatic heterocycles. The fraction of sp³-hybridized carbons (Fsp3) is 0.231. The van der Waals surface area contributed by atoms with E-state index in [0.29, 0.717) is 12.5 Å². The molecular weight excluding hydrogens is 282 g/mol. The van der Waals surface area contributed by atoms with Crippen LogP contribution < -0.4 is 5.73 Å². The predicted octanol–water partition coefficient (Wildman–Crippen LogP) is 3.80. The zero-order chi connectivity index (χ0) is 11.4. The van der Waals surface area contributed by atoms with Gasteiger partial charge in [-0.05, 0) is 45.9 Å². The van der Waals surface area contributed by atoms with Gasteiger partial charge in [0.25, 0.3) is 0 Å². The molecule has 3 heteroatoms. The Labute approximate surface area is 108 Å². The molecule has 0 amide bonds. The molecule has 0 aliphatic carbocycles. The number of hydrogen-bond acceptors (Lipinski definition) is 2. The number of thiophene rings is 1. The van der Waals surface area contributed by atoms with Crippen LogP contribution in [0.25, 0.3) is 0 Å². The third-order valence-electron chi connectivity index (χ3n) is 2.68. The summed E-state index contributed by atoms with van der Waals surface area (Å²) in [5.74, 6) is 0.413. The predicted molar refractivity (Wildman–Crippen MR) is 74.0 cm³/mol. The summed E-state index contributed by atoms with van der Waals surface area (Å²) in [5, 5.41) is 2.11. The minimum Gasteiger partial charge on any atom is -0.330 e. The summed E-state index contributed by atoms with van der Waals surface area (Å²) in [6.45, 7) is 0.689. The number of hydrogen-bond donors (Lipinski definition) is 1. The lowest BCUT2D eigenvalue weighted by Crippen LogP contribution is -2.14. The second kappa shape index (κ2) is 5.62. The highest BCUT2D eigenvalue weighted by molar-refractivity contribution is 9.10. The standard InChI is InChI=1S/C13H14BrNS/c14-12-6-7-16-13(12)8-11(9-15)10-4-2-1-3-5-10/h1-7,11H,8-9,15H2. The number of benzene rings is 1. The summed E-state index contributed by atoms with van der Waals surface area (Å²) in [6, 6.07) is 12.6. The highest BCUT2D eigenvalue weighted by atomic mass is 79.9. The normalized spacial score (nSPS) is 12.6. The summed E-state index contributed by atoms with van der Waals surface area (Å²) in [7, 11) is 0. The van der Waals surface area contributed by atoms with E-state index in [9.17, 15) is 0 Å². The van der Waals surface area contributed by atoms with Crippen LogP contribution in [-0.4, -0.2) is 6.54 Å². The van der Waals surface area contributed by atoms with Crippen LogP contribution >= 0.6 is 27.3 Å². The van der Waals surface area contributed by atoms with Gasteiger partial charge in [0.1, 0.15) is 0 Å². The van der Waals surface area contributed by atoms with Crippen molar-refractivity contribution in [3.8, 4) is 0 Å². The lowest BCUT2D eigenvalue weighted by molar-refractivity contribution is 0.700. The molecule has 1 aromatic heterocycles. The molecule has 1 heterocycles. The molecule has 0 bridgehead atoms. The smallest absolute Gasteiger partial charge is 0.0314 e. The first-order valence-electron chi connectivity index (χ1n) is 5.28. The number of halogens is 1. The van der Waals surface area contributed by atoms with E-state index in [-0.39, 0.29) is 0 Å². The number of nitrogens with two attached hydrogens (primary N) is 1. The van der Waals surface area contributed by atoms with Gasteiger partial charge < -0.3 is 5.73 Å². The van der Waals surface area contributed by atoms with E-state index in [2.05, 4.69) is 51.6 Å². The third kappa shape index (κ3) is 2.73. The van der Waals surface area contributed by atoms with Crippen LogP contribution in [0.1, 0.15) is 16.4 Å². The topological polar surface area (TPSA) is 26.0 Å². The molecule has 84 valence electrons. The van der Waals surface area contributed by atoms with Crippen LogP contribution in [0.4, 0.5) is 0 Å². The van der Waals surface area contributed by atoms with Crippen LogP contribution in [0.15, 0.2) is 46.3 Å².